The van der Waals surface area contributed by atoms with Crippen LogP contribution in [0.1, 0.15) is 43.0 Å². The van der Waals surface area contributed by atoms with Crippen LogP contribution in [0.4, 0.5) is 0 Å². The summed E-state index contributed by atoms with van der Waals surface area (Å²) in [6, 6.07) is 16.7. The lowest BCUT2D eigenvalue weighted by Gasteiger charge is -2.10. The number of hydrogen-bond donors (Lipinski definition) is 2. The fourth-order valence-corrected chi connectivity index (χ4v) is 2.34. The minimum absolute atomic E-state index is 0.0717. The summed E-state index contributed by atoms with van der Waals surface area (Å²) in [4.78, 5) is 1.02. The van der Waals surface area contributed by atoms with E-state index in [-0.39, 0.29) is 6.04 Å². The molecule has 0 bridgehead atoms. The lowest BCUT2D eigenvalue weighted by atomic mass is 10.1. The van der Waals surface area contributed by atoms with Crippen LogP contribution < -0.4 is 5.73 Å². The molecule has 2 N–H and O–H groups in total. The Morgan fingerprint density at radius 1 is 1.05 bits per heavy atom. The van der Waals surface area contributed by atoms with Gasteiger partial charge < -0.3 is 5.73 Å². The highest BCUT2D eigenvalue weighted by molar-refractivity contribution is 7.80. The van der Waals surface area contributed by atoms with Gasteiger partial charge in [-0.2, -0.15) is 0 Å². The normalized spacial score (nSPS) is 11.4. The second-order valence-electron chi connectivity index (χ2n) is 5.04. The Bertz CT molecular complexity index is 506. The van der Waals surface area contributed by atoms with Gasteiger partial charge in [-0.25, -0.2) is 0 Å². The van der Waals surface area contributed by atoms with Crippen LogP contribution >= 0.6 is 12.6 Å². The predicted molar refractivity (Wildman–Crippen MR) is 91.5 cm³/mol. The number of benzene rings is 2. The number of thiol groups is 1. The van der Waals surface area contributed by atoms with E-state index in [4.69, 9.17) is 5.73 Å². The van der Waals surface area contributed by atoms with Crippen LogP contribution in [0.25, 0.3) is 0 Å². The maximum absolute atomic E-state index is 5.73. The van der Waals surface area contributed by atoms with E-state index in [9.17, 15) is 0 Å². The Labute approximate surface area is 128 Å². The lowest BCUT2D eigenvalue weighted by Crippen LogP contribution is -2.06. The first-order chi connectivity index (χ1) is 9.56. The van der Waals surface area contributed by atoms with Gasteiger partial charge in [-0.3, -0.25) is 0 Å². The third-order valence-corrected chi connectivity index (χ3v) is 3.75. The Balaban J connectivity index is 0.000000204. The molecule has 0 saturated carbocycles. The van der Waals surface area contributed by atoms with Crippen molar-refractivity contribution in [2.24, 2.45) is 5.73 Å². The van der Waals surface area contributed by atoms with E-state index in [0.29, 0.717) is 0 Å². The van der Waals surface area contributed by atoms with E-state index < -0.39 is 0 Å². The first-order valence-electron chi connectivity index (χ1n) is 7.14. The highest BCUT2D eigenvalue weighted by Crippen LogP contribution is 2.22. The van der Waals surface area contributed by atoms with Gasteiger partial charge in [-0.05, 0) is 37.0 Å². The van der Waals surface area contributed by atoms with Gasteiger partial charge in [0.25, 0.3) is 0 Å². The van der Waals surface area contributed by atoms with Crippen LogP contribution in [-0.2, 0) is 6.42 Å². The molecule has 2 heteroatoms. The average Bonchev–Trinajstić information content (AvgIpc) is 2.44. The summed E-state index contributed by atoms with van der Waals surface area (Å²) in [5.41, 5.74) is 9.48. The van der Waals surface area contributed by atoms with E-state index in [1.54, 1.807) is 0 Å². The maximum Gasteiger partial charge on any atom is 0.0277 e. The molecular formula is C18H25NS. The van der Waals surface area contributed by atoms with E-state index in [2.05, 4.69) is 49.9 Å². The van der Waals surface area contributed by atoms with Crippen LogP contribution in [0.3, 0.4) is 0 Å². The first-order valence-corrected chi connectivity index (χ1v) is 7.59. The fourth-order valence-electron chi connectivity index (χ4n) is 1.98. The molecular weight excluding hydrogens is 262 g/mol. The van der Waals surface area contributed by atoms with E-state index in [0.717, 1.165) is 10.5 Å². The third-order valence-electron chi connectivity index (χ3n) is 3.14. The summed E-state index contributed by atoms with van der Waals surface area (Å²) >= 11 is 4.37. The molecule has 0 aliphatic heterocycles. The van der Waals surface area contributed by atoms with Gasteiger partial charge in [-0.15, -0.1) is 12.6 Å². The van der Waals surface area contributed by atoms with Crippen LogP contribution in [0, 0.1) is 6.92 Å². The smallest absolute Gasteiger partial charge is 0.0277 e. The zero-order valence-corrected chi connectivity index (χ0v) is 13.5. The molecule has 108 valence electrons. The number of hydrogen-bond acceptors (Lipinski definition) is 2. The molecule has 0 amide bonds. The van der Waals surface area contributed by atoms with Gasteiger partial charge in [0.15, 0.2) is 0 Å². The largest absolute Gasteiger partial charge is 0.324 e. The highest BCUT2D eigenvalue weighted by Gasteiger charge is 2.04. The Kier molecular flexibility index (Phi) is 7.42. The Hall–Kier alpha value is -1.25. The molecule has 1 nitrogen and oxygen atoms in total. The van der Waals surface area contributed by atoms with E-state index in [1.165, 1.54) is 24.0 Å². The summed E-state index contributed by atoms with van der Waals surface area (Å²) in [7, 11) is 0. The molecule has 1 unspecified atom stereocenters. The molecule has 20 heavy (non-hydrogen) atoms. The van der Waals surface area contributed by atoms with Gasteiger partial charge in [0, 0.05) is 10.9 Å². The lowest BCUT2D eigenvalue weighted by molar-refractivity contribution is 0.795. The van der Waals surface area contributed by atoms with Crippen LogP contribution in [0.5, 0.6) is 0 Å². The SMILES string of the molecule is CCCc1ccccc1.Cc1cccc(C(C)N)c1S. The number of nitrogens with two attached hydrogens (primary N) is 1. The summed E-state index contributed by atoms with van der Waals surface area (Å²) in [6.07, 6.45) is 2.45. The van der Waals surface area contributed by atoms with Gasteiger partial charge >= 0.3 is 0 Å². The monoisotopic (exact) mass is 287 g/mol. The molecule has 0 heterocycles. The Morgan fingerprint density at radius 2 is 1.70 bits per heavy atom. The molecule has 0 aliphatic rings. The van der Waals surface area contributed by atoms with Gasteiger partial charge in [0.2, 0.25) is 0 Å². The van der Waals surface area contributed by atoms with Crippen molar-refractivity contribution in [2.75, 3.05) is 0 Å². The van der Waals surface area contributed by atoms with Gasteiger partial charge in [-0.1, -0.05) is 61.9 Å². The standard InChI is InChI=1S/C9H13NS.C9H12/c1-6-4-3-5-8(7(2)10)9(6)11;1-2-6-9-7-4-3-5-8-9/h3-5,7,11H,10H2,1-2H3;3-5,7-8H,2,6H2,1H3. The van der Waals surface area contributed by atoms with Crippen molar-refractivity contribution in [2.45, 2.75) is 44.6 Å². The van der Waals surface area contributed by atoms with Crippen molar-refractivity contribution in [1.82, 2.24) is 0 Å². The predicted octanol–water partition coefficient (Wildman–Crippen LogP) is 4.94. The van der Waals surface area contributed by atoms with E-state index in [1.807, 2.05) is 32.0 Å². The van der Waals surface area contributed by atoms with Crippen LogP contribution in [0.15, 0.2) is 53.4 Å². The fraction of sp³-hybridized carbons (Fsp3) is 0.333. The first kappa shape index (κ1) is 16.8. The number of aryl methyl sites for hydroxylation is 2. The molecule has 2 aromatic rings. The Morgan fingerprint density at radius 3 is 2.20 bits per heavy atom. The summed E-state index contributed by atoms with van der Waals surface area (Å²) < 4.78 is 0. The summed E-state index contributed by atoms with van der Waals surface area (Å²) in [5.74, 6) is 0. The molecule has 2 aromatic carbocycles. The van der Waals surface area contributed by atoms with Crippen molar-refractivity contribution in [1.29, 1.82) is 0 Å². The zero-order chi connectivity index (χ0) is 15.0. The second kappa shape index (κ2) is 8.83. The molecule has 2 rings (SSSR count). The second-order valence-corrected chi connectivity index (χ2v) is 5.48. The topological polar surface area (TPSA) is 26.0 Å². The van der Waals surface area contributed by atoms with Crippen molar-refractivity contribution in [3.05, 3.63) is 65.2 Å². The minimum Gasteiger partial charge on any atom is -0.324 e. The summed E-state index contributed by atoms with van der Waals surface area (Å²) in [6.45, 7) is 6.20. The highest BCUT2D eigenvalue weighted by atomic mass is 32.1. The average molecular weight is 287 g/mol. The molecule has 1 atom stereocenters. The van der Waals surface area contributed by atoms with Crippen molar-refractivity contribution < 1.29 is 0 Å². The van der Waals surface area contributed by atoms with Crippen molar-refractivity contribution >= 4 is 12.6 Å². The minimum atomic E-state index is 0.0717. The molecule has 0 saturated heterocycles. The third kappa shape index (κ3) is 5.40. The van der Waals surface area contributed by atoms with Crippen molar-refractivity contribution in [3.8, 4) is 0 Å². The molecule has 0 aromatic heterocycles. The molecule has 0 spiro atoms. The number of rotatable bonds is 3. The van der Waals surface area contributed by atoms with Crippen LogP contribution in [-0.4, -0.2) is 0 Å². The maximum atomic E-state index is 5.73. The molecule has 0 radical (unpaired) electrons. The molecule has 0 fully saturated rings. The molecule has 0 aliphatic carbocycles. The van der Waals surface area contributed by atoms with Gasteiger partial charge in [0.1, 0.15) is 0 Å². The van der Waals surface area contributed by atoms with Gasteiger partial charge in [0.05, 0.1) is 0 Å². The summed E-state index contributed by atoms with van der Waals surface area (Å²) in [5, 5.41) is 0. The zero-order valence-electron chi connectivity index (χ0n) is 12.6. The van der Waals surface area contributed by atoms with Crippen LogP contribution in [0.2, 0.25) is 0 Å². The van der Waals surface area contributed by atoms with Crippen molar-refractivity contribution in [3.63, 3.8) is 0 Å². The van der Waals surface area contributed by atoms with E-state index >= 15 is 0 Å². The quantitative estimate of drug-likeness (QED) is 0.768.